The van der Waals surface area contributed by atoms with Gasteiger partial charge in [-0.05, 0) is 35.5 Å². The van der Waals surface area contributed by atoms with Crippen LogP contribution in [0.4, 0.5) is 0 Å². The molecule has 2 rings (SSSR count). The number of esters is 1. The van der Waals surface area contributed by atoms with Crippen molar-refractivity contribution in [3.05, 3.63) is 52.2 Å². The van der Waals surface area contributed by atoms with E-state index in [1.807, 2.05) is 26.0 Å². The monoisotopic (exact) mass is 355 g/mol. The lowest BCUT2D eigenvalue weighted by molar-refractivity contribution is -0.136. The van der Waals surface area contributed by atoms with Crippen molar-refractivity contribution in [1.29, 1.82) is 0 Å². The van der Waals surface area contributed by atoms with E-state index in [4.69, 9.17) is 4.74 Å². The Hall–Kier alpha value is -2.36. The second-order valence-corrected chi connectivity index (χ2v) is 8.19. The molecule has 140 valence electrons. The van der Waals surface area contributed by atoms with E-state index in [1.54, 1.807) is 17.9 Å². The Morgan fingerprint density at radius 1 is 1.19 bits per heavy atom. The number of allylic oxidation sites excluding steroid dienone is 1. The zero-order chi connectivity index (χ0) is 19.6. The molecule has 0 saturated carbocycles. The molecule has 0 spiro atoms. The molecular weight excluding hydrogens is 326 g/mol. The van der Waals surface area contributed by atoms with E-state index in [-0.39, 0.29) is 11.3 Å². The lowest BCUT2D eigenvalue weighted by atomic mass is 9.86. The number of benzene rings is 1. The molecule has 4 nitrogen and oxygen atoms in total. The lowest BCUT2D eigenvalue weighted by Gasteiger charge is -2.20. The number of hydrogen-bond donors (Lipinski definition) is 0. The summed E-state index contributed by atoms with van der Waals surface area (Å²) in [6.07, 6.45) is 1.78. The van der Waals surface area contributed by atoms with Crippen molar-refractivity contribution < 1.29 is 14.3 Å². The van der Waals surface area contributed by atoms with Gasteiger partial charge in [-0.15, -0.1) is 0 Å². The summed E-state index contributed by atoms with van der Waals surface area (Å²) in [7, 11) is 1.34. The molecule has 0 aliphatic carbocycles. The van der Waals surface area contributed by atoms with E-state index in [2.05, 4.69) is 32.9 Å². The highest BCUT2D eigenvalue weighted by Gasteiger charge is 2.37. The van der Waals surface area contributed by atoms with Gasteiger partial charge in [-0.1, -0.05) is 58.9 Å². The first-order chi connectivity index (χ1) is 12.1. The predicted molar refractivity (Wildman–Crippen MR) is 104 cm³/mol. The Bertz CT molecular complexity index is 762. The molecule has 1 aromatic carbocycles. The third-order valence-electron chi connectivity index (χ3n) is 4.54. The van der Waals surface area contributed by atoms with Crippen LogP contribution >= 0.6 is 0 Å². The fourth-order valence-electron chi connectivity index (χ4n) is 3.06. The maximum Gasteiger partial charge on any atom is 0.340 e. The summed E-state index contributed by atoms with van der Waals surface area (Å²) in [4.78, 5) is 26.9. The van der Waals surface area contributed by atoms with Crippen LogP contribution in [0.2, 0.25) is 0 Å². The minimum absolute atomic E-state index is 0.0661. The SMILES string of the molecule is COC(=O)C1=C(C)N(CC(C)C)C(=O)/C1=C\c1ccc(C(C)(C)C)cc1. The van der Waals surface area contributed by atoms with Gasteiger partial charge in [0, 0.05) is 12.2 Å². The van der Waals surface area contributed by atoms with Crippen LogP contribution in [0.25, 0.3) is 6.08 Å². The van der Waals surface area contributed by atoms with Crippen LogP contribution in [-0.2, 0) is 19.7 Å². The number of ether oxygens (including phenoxy) is 1. The van der Waals surface area contributed by atoms with E-state index >= 15 is 0 Å². The molecule has 1 aromatic rings. The van der Waals surface area contributed by atoms with Gasteiger partial charge in [0.15, 0.2) is 0 Å². The Kier molecular flexibility index (Phi) is 5.74. The lowest BCUT2D eigenvalue weighted by Crippen LogP contribution is -2.28. The second kappa shape index (κ2) is 7.48. The molecule has 0 saturated heterocycles. The van der Waals surface area contributed by atoms with Crippen molar-refractivity contribution in [1.82, 2.24) is 4.90 Å². The summed E-state index contributed by atoms with van der Waals surface area (Å²) >= 11 is 0. The maximum atomic E-state index is 12.9. The fourth-order valence-corrected chi connectivity index (χ4v) is 3.06. The van der Waals surface area contributed by atoms with Crippen LogP contribution in [0.5, 0.6) is 0 Å². The van der Waals surface area contributed by atoms with E-state index in [0.717, 1.165) is 5.56 Å². The Balaban J connectivity index is 2.46. The summed E-state index contributed by atoms with van der Waals surface area (Å²) in [5, 5.41) is 0. The van der Waals surface area contributed by atoms with Gasteiger partial charge in [-0.25, -0.2) is 4.79 Å². The first-order valence-corrected chi connectivity index (χ1v) is 9.00. The number of carbonyl (C=O) groups excluding carboxylic acids is 2. The molecule has 1 amide bonds. The van der Waals surface area contributed by atoms with Gasteiger partial charge in [0.25, 0.3) is 5.91 Å². The standard InChI is InChI=1S/C22H29NO3/c1-14(2)13-23-15(3)19(21(25)26-7)18(20(23)24)12-16-8-10-17(11-9-16)22(4,5)6/h8-12,14H,13H2,1-7H3/b18-12-. The molecule has 0 N–H and O–H groups in total. The number of rotatable bonds is 4. The molecule has 0 unspecified atom stereocenters. The highest BCUT2D eigenvalue weighted by molar-refractivity contribution is 6.16. The van der Waals surface area contributed by atoms with Crippen molar-refractivity contribution in [3.63, 3.8) is 0 Å². The van der Waals surface area contributed by atoms with Gasteiger partial charge >= 0.3 is 5.97 Å². The summed E-state index contributed by atoms with van der Waals surface area (Å²) in [6.45, 7) is 12.9. The third kappa shape index (κ3) is 4.06. The number of methoxy groups -OCH3 is 1. The van der Waals surface area contributed by atoms with Crippen molar-refractivity contribution >= 4 is 18.0 Å². The van der Waals surface area contributed by atoms with Crippen LogP contribution in [-0.4, -0.2) is 30.4 Å². The molecule has 1 aliphatic heterocycles. The molecular formula is C22H29NO3. The molecule has 0 atom stereocenters. The highest BCUT2D eigenvalue weighted by Crippen LogP contribution is 2.32. The minimum atomic E-state index is -0.473. The number of amides is 1. The third-order valence-corrected chi connectivity index (χ3v) is 4.54. The van der Waals surface area contributed by atoms with Gasteiger partial charge in [-0.2, -0.15) is 0 Å². The second-order valence-electron chi connectivity index (χ2n) is 8.19. The predicted octanol–water partition coefficient (Wildman–Crippen LogP) is 4.31. The van der Waals surface area contributed by atoms with Crippen LogP contribution in [0.1, 0.15) is 52.7 Å². The highest BCUT2D eigenvalue weighted by atomic mass is 16.5. The van der Waals surface area contributed by atoms with Gasteiger partial charge < -0.3 is 9.64 Å². The minimum Gasteiger partial charge on any atom is -0.465 e. The number of nitrogens with zero attached hydrogens (tertiary/aromatic N) is 1. The quantitative estimate of drug-likeness (QED) is 0.597. The van der Waals surface area contributed by atoms with Crippen LogP contribution in [0.3, 0.4) is 0 Å². The van der Waals surface area contributed by atoms with E-state index in [9.17, 15) is 9.59 Å². The Morgan fingerprint density at radius 2 is 1.77 bits per heavy atom. The van der Waals surface area contributed by atoms with Gasteiger partial charge in [-0.3, -0.25) is 4.79 Å². The first kappa shape index (κ1) is 20.0. The normalized spacial score (nSPS) is 16.8. The molecule has 0 radical (unpaired) electrons. The molecule has 0 bridgehead atoms. The van der Waals surface area contributed by atoms with Crippen LogP contribution < -0.4 is 0 Å². The number of carbonyl (C=O) groups is 2. The van der Waals surface area contributed by atoms with E-state index in [1.165, 1.54) is 12.7 Å². The Labute approximate surface area is 156 Å². The average Bonchev–Trinajstić information content (AvgIpc) is 2.78. The molecule has 1 heterocycles. The zero-order valence-electron chi connectivity index (χ0n) is 16.8. The van der Waals surface area contributed by atoms with Gasteiger partial charge in [0.2, 0.25) is 0 Å². The summed E-state index contributed by atoms with van der Waals surface area (Å²) in [6, 6.07) is 8.09. The van der Waals surface area contributed by atoms with Crippen molar-refractivity contribution in [3.8, 4) is 0 Å². The van der Waals surface area contributed by atoms with Gasteiger partial charge in [0.1, 0.15) is 0 Å². The summed E-state index contributed by atoms with van der Waals surface area (Å²) in [5.41, 5.74) is 3.60. The summed E-state index contributed by atoms with van der Waals surface area (Å²) < 4.78 is 4.92. The van der Waals surface area contributed by atoms with Crippen LogP contribution in [0, 0.1) is 5.92 Å². The Morgan fingerprint density at radius 3 is 2.23 bits per heavy atom. The van der Waals surface area contributed by atoms with E-state index in [0.29, 0.717) is 29.3 Å². The van der Waals surface area contributed by atoms with E-state index < -0.39 is 5.97 Å². The molecule has 26 heavy (non-hydrogen) atoms. The molecule has 0 aromatic heterocycles. The van der Waals surface area contributed by atoms with Crippen molar-refractivity contribution in [2.75, 3.05) is 13.7 Å². The molecule has 1 aliphatic rings. The largest absolute Gasteiger partial charge is 0.465 e. The fraction of sp³-hybridized carbons (Fsp3) is 0.455. The molecule has 0 fully saturated rings. The van der Waals surface area contributed by atoms with Gasteiger partial charge in [0.05, 0.1) is 18.3 Å². The van der Waals surface area contributed by atoms with Crippen LogP contribution in [0.15, 0.2) is 41.1 Å². The number of hydrogen-bond acceptors (Lipinski definition) is 3. The summed E-state index contributed by atoms with van der Waals surface area (Å²) in [5.74, 6) is -0.311. The maximum absolute atomic E-state index is 12.9. The van der Waals surface area contributed by atoms with Crippen molar-refractivity contribution in [2.45, 2.75) is 47.0 Å². The molecule has 4 heteroatoms. The smallest absolute Gasteiger partial charge is 0.340 e. The topological polar surface area (TPSA) is 46.6 Å². The average molecular weight is 355 g/mol. The van der Waals surface area contributed by atoms with Crippen molar-refractivity contribution in [2.24, 2.45) is 5.92 Å². The first-order valence-electron chi connectivity index (χ1n) is 9.00. The zero-order valence-corrected chi connectivity index (χ0v) is 16.8.